The summed E-state index contributed by atoms with van der Waals surface area (Å²) in [5, 5.41) is 0.693. The fraction of sp³-hybridized carbons (Fsp3) is 0.0714. The minimum Gasteiger partial charge on any atom is -0.457 e. The van der Waals surface area contributed by atoms with Crippen LogP contribution in [0.2, 0.25) is 5.02 Å². The summed E-state index contributed by atoms with van der Waals surface area (Å²) in [6.45, 7) is 1.93. The summed E-state index contributed by atoms with van der Waals surface area (Å²) in [7, 11) is 0. The molecule has 0 fully saturated rings. The zero-order chi connectivity index (χ0) is 13.1. The lowest BCUT2D eigenvalue weighted by Gasteiger charge is -2.03. The largest absolute Gasteiger partial charge is 0.457 e. The molecular weight excluding hydrogens is 250 g/mol. The number of carbonyl (C=O) groups is 1. The summed E-state index contributed by atoms with van der Waals surface area (Å²) in [5.41, 5.74) is 6.91. The zero-order valence-corrected chi connectivity index (χ0v) is 10.6. The quantitative estimate of drug-likeness (QED) is 0.861. The van der Waals surface area contributed by atoms with E-state index in [-0.39, 0.29) is 0 Å². The second kappa shape index (κ2) is 5.10. The molecule has 2 rings (SSSR count). The number of benzene rings is 1. The Labute approximate surface area is 110 Å². The van der Waals surface area contributed by atoms with Gasteiger partial charge in [0.1, 0.15) is 11.5 Å². The molecule has 0 atom stereocenters. The lowest BCUT2D eigenvalue weighted by molar-refractivity contribution is -0.113. The maximum Gasteiger partial charge on any atom is 0.241 e. The standard InChI is InChI=1S/C14H12ClNO2/c1-9-11(3-2-4-12(9)15)13-7-5-10(18-13)6-8-14(16)17/h2-8H,1H3,(H2,16,17)/b8-6-. The minimum absolute atomic E-state index is 0.508. The van der Waals surface area contributed by atoms with Crippen molar-refractivity contribution < 1.29 is 9.21 Å². The van der Waals surface area contributed by atoms with Crippen molar-refractivity contribution >= 4 is 23.6 Å². The maximum absolute atomic E-state index is 10.6. The highest BCUT2D eigenvalue weighted by Gasteiger charge is 2.08. The average molecular weight is 262 g/mol. The summed E-state index contributed by atoms with van der Waals surface area (Å²) >= 11 is 6.06. The molecular formula is C14H12ClNO2. The number of halogens is 1. The third-order valence-electron chi connectivity index (χ3n) is 2.57. The van der Waals surface area contributed by atoms with Crippen LogP contribution >= 0.6 is 11.6 Å². The Bertz CT molecular complexity index is 614. The van der Waals surface area contributed by atoms with Crippen molar-refractivity contribution in [2.45, 2.75) is 6.92 Å². The zero-order valence-electron chi connectivity index (χ0n) is 9.81. The topological polar surface area (TPSA) is 56.2 Å². The Morgan fingerprint density at radius 2 is 2.11 bits per heavy atom. The Hall–Kier alpha value is -2.00. The molecule has 1 aromatic heterocycles. The normalized spacial score (nSPS) is 11.0. The number of rotatable bonds is 3. The molecule has 0 aliphatic heterocycles. The number of nitrogens with two attached hydrogens (primary N) is 1. The number of hydrogen-bond acceptors (Lipinski definition) is 2. The molecule has 4 heteroatoms. The van der Waals surface area contributed by atoms with E-state index in [0.717, 1.165) is 11.1 Å². The molecule has 0 saturated heterocycles. The van der Waals surface area contributed by atoms with Gasteiger partial charge >= 0.3 is 0 Å². The number of hydrogen-bond donors (Lipinski definition) is 1. The van der Waals surface area contributed by atoms with Crippen LogP contribution in [0.5, 0.6) is 0 Å². The monoisotopic (exact) mass is 261 g/mol. The van der Waals surface area contributed by atoms with Gasteiger partial charge in [0.15, 0.2) is 0 Å². The van der Waals surface area contributed by atoms with E-state index in [2.05, 4.69) is 0 Å². The number of primary amides is 1. The number of amides is 1. The van der Waals surface area contributed by atoms with Crippen LogP contribution in [0.1, 0.15) is 11.3 Å². The first-order valence-electron chi connectivity index (χ1n) is 5.41. The lowest BCUT2D eigenvalue weighted by Crippen LogP contribution is -2.04. The molecule has 0 bridgehead atoms. The van der Waals surface area contributed by atoms with Gasteiger partial charge in [0.05, 0.1) is 0 Å². The highest BCUT2D eigenvalue weighted by molar-refractivity contribution is 6.31. The van der Waals surface area contributed by atoms with Crippen LogP contribution < -0.4 is 5.73 Å². The van der Waals surface area contributed by atoms with Crippen LogP contribution in [0.3, 0.4) is 0 Å². The molecule has 0 saturated carbocycles. The molecule has 0 radical (unpaired) electrons. The average Bonchev–Trinajstić information content (AvgIpc) is 2.78. The van der Waals surface area contributed by atoms with E-state index >= 15 is 0 Å². The predicted molar refractivity (Wildman–Crippen MR) is 72.1 cm³/mol. The Kier molecular flexibility index (Phi) is 3.53. The summed E-state index contributed by atoms with van der Waals surface area (Å²) < 4.78 is 5.60. The summed E-state index contributed by atoms with van der Waals surface area (Å²) in [6, 6.07) is 9.24. The second-order valence-corrected chi connectivity index (χ2v) is 4.26. The Balaban J connectivity index is 2.35. The molecule has 18 heavy (non-hydrogen) atoms. The fourth-order valence-corrected chi connectivity index (χ4v) is 1.80. The molecule has 3 nitrogen and oxygen atoms in total. The van der Waals surface area contributed by atoms with Crippen LogP contribution in [0, 0.1) is 6.92 Å². The molecule has 0 spiro atoms. The highest BCUT2D eigenvalue weighted by atomic mass is 35.5. The fourth-order valence-electron chi connectivity index (χ4n) is 1.63. The summed E-state index contributed by atoms with van der Waals surface area (Å²) in [4.78, 5) is 10.6. The van der Waals surface area contributed by atoms with Crippen LogP contribution in [0.4, 0.5) is 0 Å². The van der Waals surface area contributed by atoms with E-state index in [1.807, 2.05) is 31.2 Å². The van der Waals surface area contributed by atoms with Crippen molar-refractivity contribution in [3.63, 3.8) is 0 Å². The molecule has 2 N–H and O–H groups in total. The van der Waals surface area contributed by atoms with Gasteiger partial charge in [-0.05, 0) is 36.8 Å². The molecule has 2 aromatic rings. The second-order valence-electron chi connectivity index (χ2n) is 3.85. The van der Waals surface area contributed by atoms with Crippen molar-refractivity contribution in [3.8, 4) is 11.3 Å². The Morgan fingerprint density at radius 1 is 1.33 bits per heavy atom. The SMILES string of the molecule is Cc1c(Cl)cccc1-c1ccc(/C=C\C(N)=O)o1. The maximum atomic E-state index is 10.6. The van der Waals surface area contributed by atoms with E-state index in [1.165, 1.54) is 12.2 Å². The van der Waals surface area contributed by atoms with Gasteiger partial charge in [0, 0.05) is 16.7 Å². The molecule has 1 amide bonds. The van der Waals surface area contributed by atoms with Crippen molar-refractivity contribution in [3.05, 3.63) is 52.8 Å². The number of furan rings is 1. The minimum atomic E-state index is -0.508. The van der Waals surface area contributed by atoms with Crippen molar-refractivity contribution in [2.24, 2.45) is 5.73 Å². The van der Waals surface area contributed by atoms with Gasteiger partial charge in [-0.25, -0.2) is 0 Å². The van der Waals surface area contributed by atoms with E-state index in [0.29, 0.717) is 16.5 Å². The molecule has 0 aliphatic carbocycles. The molecule has 0 aliphatic rings. The molecule has 0 unspecified atom stereocenters. The lowest BCUT2D eigenvalue weighted by atomic mass is 10.1. The summed E-state index contributed by atoms with van der Waals surface area (Å²) in [6.07, 6.45) is 2.79. The first-order chi connectivity index (χ1) is 8.58. The van der Waals surface area contributed by atoms with E-state index in [9.17, 15) is 4.79 Å². The molecule has 92 valence electrons. The predicted octanol–water partition coefficient (Wildman–Crippen LogP) is 3.41. The summed E-state index contributed by atoms with van der Waals surface area (Å²) in [5.74, 6) is 0.772. The van der Waals surface area contributed by atoms with Crippen LogP contribution in [-0.2, 0) is 4.79 Å². The van der Waals surface area contributed by atoms with Gasteiger partial charge in [-0.2, -0.15) is 0 Å². The smallest absolute Gasteiger partial charge is 0.241 e. The Morgan fingerprint density at radius 3 is 2.83 bits per heavy atom. The van der Waals surface area contributed by atoms with Gasteiger partial charge in [-0.15, -0.1) is 0 Å². The van der Waals surface area contributed by atoms with Crippen LogP contribution in [0.15, 0.2) is 40.8 Å². The number of carbonyl (C=O) groups excluding carboxylic acids is 1. The van der Waals surface area contributed by atoms with Crippen molar-refractivity contribution in [1.82, 2.24) is 0 Å². The van der Waals surface area contributed by atoms with Gasteiger partial charge in [0.25, 0.3) is 0 Å². The first kappa shape index (κ1) is 12.5. The third-order valence-corrected chi connectivity index (χ3v) is 2.98. The van der Waals surface area contributed by atoms with E-state index in [1.54, 1.807) is 6.07 Å². The van der Waals surface area contributed by atoms with Gasteiger partial charge in [-0.1, -0.05) is 23.7 Å². The van der Waals surface area contributed by atoms with Crippen molar-refractivity contribution in [2.75, 3.05) is 0 Å². The van der Waals surface area contributed by atoms with Gasteiger partial charge in [-0.3, -0.25) is 4.79 Å². The third kappa shape index (κ3) is 2.63. The van der Waals surface area contributed by atoms with Gasteiger partial charge in [0.2, 0.25) is 5.91 Å². The van der Waals surface area contributed by atoms with Gasteiger partial charge < -0.3 is 10.2 Å². The molecule has 1 aromatic carbocycles. The van der Waals surface area contributed by atoms with Crippen LogP contribution in [0.25, 0.3) is 17.4 Å². The van der Waals surface area contributed by atoms with Crippen LogP contribution in [-0.4, -0.2) is 5.91 Å². The van der Waals surface area contributed by atoms with E-state index in [4.69, 9.17) is 21.8 Å². The highest BCUT2D eigenvalue weighted by Crippen LogP contribution is 2.29. The molecule has 1 heterocycles. The first-order valence-corrected chi connectivity index (χ1v) is 5.78. The van der Waals surface area contributed by atoms with Crippen molar-refractivity contribution in [1.29, 1.82) is 0 Å². The van der Waals surface area contributed by atoms with E-state index < -0.39 is 5.91 Å².